The lowest BCUT2D eigenvalue weighted by atomic mass is 10.0. The second-order valence-corrected chi connectivity index (χ2v) is 20.6. The van der Waals surface area contributed by atoms with Crippen LogP contribution in [0.2, 0.25) is 0 Å². The number of nitrogens with zero attached hydrogens (tertiary/aromatic N) is 1. The van der Waals surface area contributed by atoms with Crippen LogP contribution in [0.25, 0.3) is 0 Å². The zero-order valence-corrected chi connectivity index (χ0v) is 44.4. The van der Waals surface area contributed by atoms with Gasteiger partial charge in [-0.3, -0.25) is 9.59 Å². The van der Waals surface area contributed by atoms with E-state index in [0.29, 0.717) is 19.3 Å². The molecule has 388 valence electrons. The van der Waals surface area contributed by atoms with Crippen molar-refractivity contribution in [2.45, 2.75) is 289 Å². The van der Waals surface area contributed by atoms with Gasteiger partial charge in [-0.05, 0) is 44.9 Å². The minimum atomic E-state index is -0.872. The summed E-state index contributed by atoms with van der Waals surface area (Å²) in [6.45, 7) is 4.78. The van der Waals surface area contributed by atoms with E-state index < -0.39 is 18.1 Å². The number of esters is 2. The second kappa shape index (κ2) is 49.2. The largest absolute Gasteiger partial charge is 0.477 e. The Hall–Kier alpha value is -2.19. The lowest BCUT2D eigenvalue weighted by molar-refractivity contribution is -0.887. The summed E-state index contributed by atoms with van der Waals surface area (Å²) in [5.74, 6) is -1.45. The van der Waals surface area contributed by atoms with Crippen LogP contribution in [0.3, 0.4) is 0 Å². The Kier molecular flexibility index (Phi) is 47.6. The Morgan fingerprint density at radius 3 is 1.17 bits per heavy atom. The van der Waals surface area contributed by atoms with E-state index in [2.05, 4.69) is 38.2 Å². The monoisotopic (exact) mass is 933 g/mol. The summed E-state index contributed by atoms with van der Waals surface area (Å²) in [5, 5.41) is 9.67. The highest BCUT2D eigenvalue weighted by Gasteiger charge is 2.31. The van der Waals surface area contributed by atoms with E-state index in [9.17, 15) is 19.5 Å². The number of carboxylic acids is 1. The summed E-state index contributed by atoms with van der Waals surface area (Å²) >= 11 is 0. The summed E-state index contributed by atoms with van der Waals surface area (Å²) < 4.78 is 17.4. The van der Waals surface area contributed by atoms with E-state index in [1.165, 1.54) is 193 Å². The van der Waals surface area contributed by atoms with Gasteiger partial charge in [-0.25, -0.2) is 4.79 Å². The van der Waals surface area contributed by atoms with Crippen molar-refractivity contribution in [3.8, 4) is 0 Å². The Balaban J connectivity index is 4.17. The molecule has 0 fully saturated rings. The molecule has 0 saturated heterocycles. The van der Waals surface area contributed by atoms with E-state index in [1.807, 2.05) is 21.1 Å². The van der Waals surface area contributed by atoms with Gasteiger partial charge < -0.3 is 23.8 Å². The Bertz CT molecular complexity index is 1130. The minimum absolute atomic E-state index is 0.0500. The molecule has 0 bridgehead atoms. The van der Waals surface area contributed by atoms with Crippen molar-refractivity contribution < 1.29 is 38.2 Å². The SMILES string of the molecule is CCCCCCCCCC/C=C/C/C=C/CCCCCCCCCC(=O)OCC(COCCC(C(=O)O)[N+](C)(C)C)OC(=O)CCCCCCCCCCCCCCCCCCCCCC. The number of likely N-dealkylation sites (N-methyl/N-ethyl adjacent to an activating group) is 1. The molecule has 2 unspecified atom stereocenters. The maximum atomic E-state index is 12.8. The van der Waals surface area contributed by atoms with Crippen LogP contribution < -0.4 is 0 Å². The molecule has 0 aliphatic rings. The molecular formula is C58H110NO7+. The van der Waals surface area contributed by atoms with Crippen LogP contribution in [-0.2, 0) is 28.6 Å². The molecule has 0 rings (SSSR count). The van der Waals surface area contributed by atoms with Crippen molar-refractivity contribution in [3.63, 3.8) is 0 Å². The summed E-state index contributed by atoms with van der Waals surface area (Å²) in [5.41, 5.74) is 0. The fourth-order valence-electron chi connectivity index (χ4n) is 8.71. The average molecular weight is 934 g/mol. The van der Waals surface area contributed by atoms with Crippen LogP contribution >= 0.6 is 0 Å². The Morgan fingerprint density at radius 2 is 0.803 bits per heavy atom. The first-order chi connectivity index (χ1) is 32.1. The van der Waals surface area contributed by atoms with E-state index >= 15 is 0 Å². The van der Waals surface area contributed by atoms with E-state index in [4.69, 9.17) is 14.2 Å². The smallest absolute Gasteiger partial charge is 0.362 e. The van der Waals surface area contributed by atoms with Crippen molar-refractivity contribution in [2.24, 2.45) is 0 Å². The van der Waals surface area contributed by atoms with Crippen LogP contribution in [0.4, 0.5) is 0 Å². The Labute approximate surface area is 409 Å². The third-order valence-electron chi connectivity index (χ3n) is 13.1. The van der Waals surface area contributed by atoms with Crippen molar-refractivity contribution in [3.05, 3.63) is 24.3 Å². The molecule has 0 aromatic heterocycles. The number of unbranched alkanes of at least 4 members (excludes halogenated alkanes) is 34. The molecule has 0 aliphatic carbocycles. The first-order valence-corrected chi connectivity index (χ1v) is 28.4. The van der Waals surface area contributed by atoms with Crippen LogP contribution in [0.15, 0.2) is 24.3 Å². The van der Waals surface area contributed by atoms with Crippen molar-refractivity contribution in [1.29, 1.82) is 0 Å². The maximum absolute atomic E-state index is 12.8. The molecule has 0 aromatic carbocycles. The quantitative estimate of drug-likeness (QED) is 0.0281. The molecule has 0 aromatic rings. The molecule has 0 saturated carbocycles. The third kappa shape index (κ3) is 46.9. The van der Waals surface area contributed by atoms with Gasteiger partial charge in [0.05, 0.1) is 34.4 Å². The predicted octanol–water partition coefficient (Wildman–Crippen LogP) is 16.8. The van der Waals surface area contributed by atoms with Gasteiger partial charge in [0.2, 0.25) is 0 Å². The standard InChI is InChI=1S/C58H109NO7/c1-6-8-10-12-14-16-18-20-22-24-26-28-29-31-32-34-36-38-40-42-44-46-48-56(60)65-53-54(52-64-51-50-55(58(62)63)59(3,4)5)66-57(61)49-47-45-43-41-39-37-35-33-30-27-25-23-21-19-17-15-13-11-9-7-2/h24,26,29,31,54-55H,6-23,25,27-28,30,32-53H2,1-5H3/p+1/b26-24+,31-29+. The molecule has 0 radical (unpaired) electrons. The van der Waals surface area contributed by atoms with Gasteiger partial charge in [-0.2, -0.15) is 0 Å². The molecule has 8 heteroatoms. The summed E-state index contributed by atoms with van der Waals surface area (Å²) in [7, 11) is 5.55. The number of hydrogen-bond donors (Lipinski definition) is 1. The van der Waals surface area contributed by atoms with Gasteiger partial charge in [0.25, 0.3) is 0 Å². The summed E-state index contributed by atoms with van der Waals surface area (Å²) in [6.07, 6.45) is 58.1. The lowest BCUT2D eigenvalue weighted by Crippen LogP contribution is -2.50. The average Bonchev–Trinajstić information content (AvgIpc) is 3.28. The van der Waals surface area contributed by atoms with Crippen LogP contribution in [0.5, 0.6) is 0 Å². The topological polar surface area (TPSA) is 99.1 Å². The highest BCUT2D eigenvalue weighted by molar-refractivity contribution is 5.72. The van der Waals surface area contributed by atoms with E-state index in [1.54, 1.807) is 0 Å². The van der Waals surface area contributed by atoms with Gasteiger partial charge in [0.1, 0.15) is 6.61 Å². The Morgan fingerprint density at radius 1 is 0.455 bits per heavy atom. The molecule has 0 heterocycles. The predicted molar refractivity (Wildman–Crippen MR) is 280 cm³/mol. The first kappa shape index (κ1) is 63.8. The summed E-state index contributed by atoms with van der Waals surface area (Å²) in [6, 6.07) is -0.614. The fourth-order valence-corrected chi connectivity index (χ4v) is 8.71. The van der Waals surface area contributed by atoms with Gasteiger partial charge in [0, 0.05) is 19.3 Å². The van der Waals surface area contributed by atoms with Crippen molar-refractivity contribution in [1.82, 2.24) is 0 Å². The number of carbonyl (C=O) groups excluding carboxylic acids is 2. The molecule has 0 aliphatic heterocycles. The van der Waals surface area contributed by atoms with Crippen LogP contribution in [0.1, 0.15) is 277 Å². The van der Waals surface area contributed by atoms with Gasteiger partial charge >= 0.3 is 17.9 Å². The summed E-state index contributed by atoms with van der Waals surface area (Å²) in [4.78, 5) is 37.3. The molecule has 2 atom stereocenters. The number of carboxylic acid groups (broad SMARTS) is 1. The van der Waals surface area contributed by atoms with Crippen molar-refractivity contribution in [2.75, 3.05) is 41.0 Å². The van der Waals surface area contributed by atoms with Crippen LogP contribution in [0, 0.1) is 0 Å². The number of rotatable bonds is 52. The normalized spacial score (nSPS) is 12.9. The second-order valence-electron chi connectivity index (χ2n) is 20.6. The molecule has 1 N–H and O–H groups in total. The van der Waals surface area contributed by atoms with Gasteiger partial charge in [-0.1, -0.05) is 237 Å². The zero-order valence-electron chi connectivity index (χ0n) is 44.4. The molecular weight excluding hydrogens is 823 g/mol. The molecule has 0 spiro atoms. The number of allylic oxidation sites excluding steroid dienone is 4. The number of quaternary nitrogens is 1. The number of hydrogen-bond acceptors (Lipinski definition) is 6. The third-order valence-corrected chi connectivity index (χ3v) is 13.1. The van der Waals surface area contributed by atoms with E-state index in [-0.39, 0.29) is 36.2 Å². The van der Waals surface area contributed by atoms with Crippen molar-refractivity contribution >= 4 is 17.9 Å². The van der Waals surface area contributed by atoms with Gasteiger partial charge in [0.15, 0.2) is 12.1 Å². The number of carbonyl (C=O) groups is 3. The first-order valence-electron chi connectivity index (χ1n) is 28.4. The zero-order chi connectivity index (χ0) is 48.4. The van der Waals surface area contributed by atoms with Gasteiger partial charge in [-0.15, -0.1) is 0 Å². The fraction of sp³-hybridized carbons (Fsp3) is 0.879. The van der Waals surface area contributed by atoms with Crippen LogP contribution in [-0.4, -0.2) is 80.6 Å². The molecule has 0 amide bonds. The molecule has 8 nitrogen and oxygen atoms in total. The number of aliphatic carboxylic acids is 1. The lowest BCUT2D eigenvalue weighted by Gasteiger charge is -2.31. The highest BCUT2D eigenvalue weighted by Crippen LogP contribution is 2.17. The number of ether oxygens (including phenoxy) is 3. The highest BCUT2D eigenvalue weighted by atomic mass is 16.6. The molecule has 66 heavy (non-hydrogen) atoms. The van der Waals surface area contributed by atoms with E-state index in [0.717, 1.165) is 51.4 Å². The minimum Gasteiger partial charge on any atom is -0.477 e. The maximum Gasteiger partial charge on any atom is 0.362 e.